The summed E-state index contributed by atoms with van der Waals surface area (Å²) in [7, 11) is 1.64. The Bertz CT molecular complexity index is 452. The van der Waals surface area contributed by atoms with E-state index in [0.29, 0.717) is 5.02 Å². The van der Waals surface area contributed by atoms with Gasteiger partial charge >= 0.3 is 0 Å². The van der Waals surface area contributed by atoms with E-state index in [0.717, 1.165) is 56.6 Å². The zero-order valence-corrected chi connectivity index (χ0v) is 13.1. The molecule has 112 valence electrons. The molecule has 0 amide bonds. The first-order valence-corrected chi connectivity index (χ1v) is 7.75. The first-order valence-electron chi connectivity index (χ1n) is 7.38. The molecule has 1 unspecified atom stereocenters. The molecule has 1 saturated heterocycles. The van der Waals surface area contributed by atoms with Gasteiger partial charge in [0.2, 0.25) is 0 Å². The van der Waals surface area contributed by atoms with E-state index in [4.69, 9.17) is 16.3 Å². The van der Waals surface area contributed by atoms with Crippen molar-refractivity contribution in [1.29, 1.82) is 0 Å². The number of rotatable bonds is 4. The van der Waals surface area contributed by atoms with E-state index in [9.17, 15) is 5.11 Å². The van der Waals surface area contributed by atoms with Crippen LogP contribution < -0.4 is 4.74 Å². The highest BCUT2D eigenvalue weighted by Crippen LogP contribution is 2.39. The number of halogens is 1. The van der Waals surface area contributed by atoms with Gasteiger partial charge in [-0.15, -0.1) is 0 Å². The average molecular weight is 298 g/mol. The summed E-state index contributed by atoms with van der Waals surface area (Å²) in [5, 5.41) is 11.7. The van der Waals surface area contributed by atoms with Crippen LogP contribution in [0.1, 0.15) is 38.2 Å². The molecule has 0 saturated carbocycles. The minimum absolute atomic E-state index is 0.642. The minimum atomic E-state index is -0.835. The number of hydrogen-bond acceptors (Lipinski definition) is 3. The second kappa shape index (κ2) is 6.79. The molecule has 1 aromatic carbocycles. The summed E-state index contributed by atoms with van der Waals surface area (Å²) in [6.45, 7) is 5.26. The quantitative estimate of drug-likeness (QED) is 0.924. The van der Waals surface area contributed by atoms with Crippen molar-refractivity contribution in [1.82, 2.24) is 4.90 Å². The molecule has 0 aliphatic carbocycles. The lowest BCUT2D eigenvalue weighted by Gasteiger charge is -2.29. The predicted molar refractivity (Wildman–Crippen MR) is 82.5 cm³/mol. The van der Waals surface area contributed by atoms with Crippen LogP contribution in [-0.4, -0.2) is 36.8 Å². The van der Waals surface area contributed by atoms with Gasteiger partial charge in [-0.2, -0.15) is 0 Å². The molecule has 1 fully saturated rings. The average Bonchev–Trinajstić information content (AvgIpc) is 2.63. The minimum Gasteiger partial charge on any atom is -0.496 e. The van der Waals surface area contributed by atoms with E-state index in [2.05, 4.69) is 11.8 Å². The Morgan fingerprint density at radius 1 is 1.35 bits per heavy atom. The second-order valence-corrected chi connectivity index (χ2v) is 6.01. The first kappa shape index (κ1) is 15.6. The van der Waals surface area contributed by atoms with Gasteiger partial charge in [-0.1, -0.05) is 18.5 Å². The van der Waals surface area contributed by atoms with Crippen molar-refractivity contribution < 1.29 is 9.84 Å². The summed E-state index contributed by atoms with van der Waals surface area (Å²) in [4.78, 5) is 2.43. The predicted octanol–water partition coefficient (Wildman–Crippen LogP) is 3.43. The van der Waals surface area contributed by atoms with E-state index in [1.165, 1.54) is 0 Å². The van der Waals surface area contributed by atoms with E-state index in [-0.39, 0.29) is 0 Å². The summed E-state index contributed by atoms with van der Waals surface area (Å²) < 4.78 is 5.40. The molecular weight excluding hydrogens is 274 g/mol. The fraction of sp³-hybridized carbons (Fsp3) is 0.625. The monoisotopic (exact) mass is 297 g/mol. The molecule has 4 heteroatoms. The Morgan fingerprint density at radius 3 is 2.85 bits per heavy atom. The summed E-state index contributed by atoms with van der Waals surface area (Å²) in [6.07, 6.45) is 3.62. The van der Waals surface area contributed by atoms with Gasteiger partial charge in [0.25, 0.3) is 0 Å². The molecule has 1 aliphatic rings. The Hall–Kier alpha value is -0.770. The highest BCUT2D eigenvalue weighted by atomic mass is 35.5. The third kappa shape index (κ3) is 3.46. The van der Waals surface area contributed by atoms with Crippen molar-refractivity contribution in [2.45, 2.75) is 38.2 Å². The lowest BCUT2D eigenvalue weighted by atomic mass is 9.86. The molecule has 1 N–H and O–H groups in total. The van der Waals surface area contributed by atoms with Crippen LogP contribution in [0.5, 0.6) is 5.75 Å². The van der Waals surface area contributed by atoms with Crippen molar-refractivity contribution >= 4 is 11.6 Å². The molecular formula is C16H24ClNO2. The molecule has 1 heterocycles. The van der Waals surface area contributed by atoms with Crippen molar-refractivity contribution in [2.75, 3.05) is 26.7 Å². The maximum atomic E-state index is 11.1. The van der Waals surface area contributed by atoms with Gasteiger partial charge in [-0.25, -0.2) is 0 Å². The van der Waals surface area contributed by atoms with Crippen molar-refractivity contribution in [3.05, 3.63) is 28.8 Å². The van der Waals surface area contributed by atoms with Crippen molar-refractivity contribution in [3.8, 4) is 5.75 Å². The Morgan fingerprint density at radius 2 is 2.15 bits per heavy atom. The van der Waals surface area contributed by atoms with Crippen LogP contribution in [0.4, 0.5) is 0 Å². The van der Waals surface area contributed by atoms with Crippen LogP contribution in [0.25, 0.3) is 0 Å². The third-order valence-corrected chi connectivity index (χ3v) is 4.34. The summed E-state index contributed by atoms with van der Waals surface area (Å²) in [6, 6.07) is 5.48. The SMILES string of the molecule is CCCN1CCCC(O)(c2cc(Cl)ccc2OC)CC1. The van der Waals surface area contributed by atoms with Crippen molar-refractivity contribution in [2.24, 2.45) is 0 Å². The molecule has 0 spiro atoms. The lowest BCUT2D eigenvalue weighted by molar-refractivity contribution is 0.0190. The summed E-state index contributed by atoms with van der Waals surface area (Å²) >= 11 is 6.10. The number of aliphatic hydroxyl groups is 1. The first-order chi connectivity index (χ1) is 9.59. The number of nitrogens with zero attached hydrogens (tertiary/aromatic N) is 1. The highest BCUT2D eigenvalue weighted by Gasteiger charge is 2.34. The fourth-order valence-corrected chi connectivity index (χ4v) is 3.20. The second-order valence-electron chi connectivity index (χ2n) is 5.57. The van der Waals surface area contributed by atoms with E-state index >= 15 is 0 Å². The molecule has 0 radical (unpaired) electrons. The van der Waals surface area contributed by atoms with Gasteiger partial charge in [0.05, 0.1) is 12.7 Å². The molecule has 1 aromatic rings. The summed E-state index contributed by atoms with van der Waals surface area (Å²) in [5.74, 6) is 0.723. The van der Waals surface area contributed by atoms with Crippen LogP contribution in [-0.2, 0) is 5.60 Å². The van der Waals surface area contributed by atoms with Crippen LogP contribution >= 0.6 is 11.6 Å². The number of hydrogen-bond donors (Lipinski definition) is 1. The number of benzene rings is 1. The van der Waals surface area contributed by atoms with Gasteiger partial charge in [0.15, 0.2) is 0 Å². The number of methoxy groups -OCH3 is 1. The van der Waals surface area contributed by atoms with Crippen molar-refractivity contribution in [3.63, 3.8) is 0 Å². The van der Waals surface area contributed by atoms with Gasteiger partial charge < -0.3 is 14.7 Å². The van der Waals surface area contributed by atoms with Crippen LogP contribution in [0.3, 0.4) is 0 Å². The smallest absolute Gasteiger partial charge is 0.125 e. The Labute approximate surface area is 126 Å². The van der Waals surface area contributed by atoms with Crippen LogP contribution in [0, 0.1) is 0 Å². The number of ether oxygens (including phenoxy) is 1. The van der Waals surface area contributed by atoms with Crippen LogP contribution in [0.2, 0.25) is 5.02 Å². The molecule has 1 aliphatic heterocycles. The molecule has 2 rings (SSSR count). The Kier molecular flexibility index (Phi) is 5.30. The normalized spacial score (nSPS) is 24.4. The molecule has 1 atom stereocenters. The maximum Gasteiger partial charge on any atom is 0.125 e. The highest BCUT2D eigenvalue weighted by molar-refractivity contribution is 6.30. The molecule has 20 heavy (non-hydrogen) atoms. The topological polar surface area (TPSA) is 32.7 Å². The standard InChI is InChI=1S/C16H24ClNO2/c1-3-9-18-10-4-7-16(19,8-11-18)14-12-13(17)5-6-15(14)20-2/h5-6,12,19H,3-4,7-11H2,1-2H3. The zero-order valence-electron chi connectivity index (χ0n) is 12.4. The van der Waals surface area contributed by atoms with Gasteiger partial charge in [0.1, 0.15) is 5.75 Å². The van der Waals surface area contributed by atoms with Gasteiger partial charge in [0, 0.05) is 17.1 Å². The van der Waals surface area contributed by atoms with E-state index in [1.807, 2.05) is 12.1 Å². The molecule has 0 aromatic heterocycles. The van der Waals surface area contributed by atoms with Crippen LogP contribution in [0.15, 0.2) is 18.2 Å². The fourth-order valence-electron chi connectivity index (χ4n) is 3.03. The zero-order chi connectivity index (χ0) is 14.6. The third-order valence-electron chi connectivity index (χ3n) is 4.11. The summed E-state index contributed by atoms with van der Waals surface area (Å²) in [5.41, 5.74) is -0.00973. The maximum absolute atomic E-state index is 11.1. The van der Waals surface area contributed by atoms with Gasteiger partial charge in [-0.05, 0) is 57.0 Å². The van der Waals surface area contributed by atoms with E-state index < -0.39 is 5.60 Å². The lowest BCUT2D eigenvalue weighted by Crippen LogP contribution is -2.30. The number of likely N-dealkylation sites (tertiary alicyclic amines) is 1. The molecule has 3 nitrogen and oxygen atoms in total. The largest absolute Gasteiger partial charge is 0.496 e. The molecule has 0 bridgehead atoms. The van der Waals surface area contributed by atoms with Gasteiger partial charge in [-0.3, -0.25) is 0 Å². The van der Waals surface area contributed by atoms with E-state index in [1.54, 1.807) is 13.2 Å². The Balaban J connectivity index is 2.24.